The van der Waals surface area contributed by atoms with Gasteiger partial charge in [0.1, 0.15) is 11.0 Å². The smallest absolute Gasteiger partial charge is 0.235 e. The Morgan fingerprint density at radius 3 is 2.63 bits per heavy atom. The fourth-order valence-corrected chi connectivity index (χ4v) is 4.51. The molecule has 3 aromatic rings. The van der Waals surface area contributed by atoms with E-state index >= 15 is 0 Å². The minimum absolute atomic E-state index is 0.0982. The molecule has 0 saturated carbocycles. The Morgan fingerprint density at radius 2 is 2.00 bits per heavy atom. The number of nitrogens with two attached hydrogens (primary N) is 1. The molecule has 2 atom stereocenters. The van der Waals surface area contributed by atoms with Crippen LogP contribution in [0.25, 0.3) is 11.4 Å². The molecule has 0 bridgehead atoms. The third-order valence-electron chi connectivity index (χ3n) is 5.06. The van der Waals surface area contributed by atoms with E-state index in [1.54, 1.807) is 7.11 Å². The van der Waals surface area contributed by atoms with E-state index in [0.29, 0.717) is 11.7 Å². The maximum atomic E-state index is 12.2. The quantitative estimate of drug-likeness (QED) is 0.557. The lowest BCUT2D eigenvalue weighted by Gasteiger charge is -2.17. The van der Waals surface area contributed by atoms with Crippen LogP contribution in [-0.2, 0) is 16.1 Å². The lowest BCUT2D eigenvalue weighted by molar-refractivity contribution is -0.117. The zero-order valence-corrected chi connectivity index (χ0v) is 17.5. The molecule has 1 amide bonds. The minimum Gasteiger partial charge on any atom is -0.497 e. The van der Waals surface area contributed by atoms with Crippen molar-refractivity contribution in [2.75, 3.05) is 13.7 Å². The van der Waals surface area contributed by atoms with Crippen LogP contribution in [0.2, 0.25) is 0 Å². The van der Waals surface area contributed by atoms with Crippen LogP contribution in [0.1, 0.15) is 23.7 Å². The van der Waals surface area contributed by atoms with Gasteiger partial charge < -0.3 is 15.2 Å². The highest BCUT2D eigenvalue weighted by Gasteiger charge is 2.26. The molecule has 1 saturated heterocycles. The molecule has 4 rings (SSSR count). The van der Waals surface area contributed by atoms with Crippen molar-refractivity contribution in [1.82, 2.24) is 14.8 Å². The van der Waals surface area contributed by atoms with Crippen LogP contribution in [-0.4, -0.2) is 40.5 Å². The molecule has 2 heterocycles. The van der Waals surface area contributed by atoms with Gasteiger partial charge in [0.05, 0.1) is 19.8 Å². The molecule has 2 aromatic carbocycles. The number of hydrogen-bond acceptors (Lipinski definition) is 6. The molecule has 1 fully saturated rings. The van der Waals surface area contributed by atoms with E-state index in [1.165, 1.54) is 11.8 Å². The highest BCUT2D eigenvalue weighted by molar-refractivity contribution is 8.00. The molecule has 1 aromatic heterocycles. The lowest BCUT2D eigenvalue weighted by Crippen LogP contribution is -2.21. The predicted octanol–water partition coefficient (Wildman–Crippen LogP) is 3.45. The number of aromatic nitrogens is 3. The van der Waals surface area contributed by atoms with Gasteiger partial charge in [0.15, 0.2) is 11.0 Å². The topological polar surface area (TPSA) is 92.3 Å². The summed E-state index contributed by atoms with van der Waals surface area (Å²) in [4.78, 5) is 12.2. The Morgan fingerprint density at radius 1 is 1.23 bits per heavy atom. The normalized spacial score (nSPS) is 17.0. The molecule has 1 aliphatic heterocycles. The van der Waals surface area contributed by atoms with Crippen LogP contribution < -0.4 is 10.5 Å². The first-order valence-electron chi connectivity index (χ1n) is 9.86. The van der Waals surface area contributed by atoms with Gasteiger partial charge >= 0.3 is 0 Å². The third-order valence-corrected chi connectivity index (χ3v) is 6.31. The van der Waals surface area contributed by atoms with E-state index in [1.807, 2.05) is 59.2 Å². The first-order valence-corrected chi connectivity index (χ1v) is 10.7. The second kappa shape index (κ2) is 9.32. The van der Waals surface area contributed by atoms with Crippen molar-refractivity contribution < 1.29 is 14.3 Å². The van der Waals surface area contributed by atoms with Crippen molar-refractivity contribution in [3.8, 4) is 17.1 Å². The zero-order valence-electron chi connectivity index (χ0n) is 16.7. The maximum absolute atomic E-state index is 12.2. The van der Waals surface area contributed by atoms with Crippen LogP contribution >= 0.6 is 11.8 Å². The first kappa shape index (κ1) is 20.4. The Balaban J connectivity index is 1.69. The molecule has 7 nitrogen and oxygen atoms in total. The largest absolute Gasteiger partial charge is 0.497 e. The van der Waals surface area contributed by atoms with Crippen molar-refractivity contribution in [3.05, 3.63) is 60.2 Å². The molecule has 0 radical (unpaired) electrons. The van der Waals surface area contributed by atoms with E-state index in [2.05, 4.69) is 10.2 Å². The van der Waals surface area contributed by atoms with Crippen LogP contribution in [0.3, 0.4) is 0 Å². The molecular weight excluding hydrogens is 400 g/mol. The van der Waals surface area contributed by atoms with E-state index in [4.69, 9.17) is 15.2 Å². The highest BCUT2D eigenvalue weighted by Crippen LogP contribution is 2.36. The molecule has 156 valence electrons. The second-order valence-electron chi connectivity index (χ2n) is 7.09. The van der Waals surface area contributed by atoms with Gasteiger partial charge in [-0.05, 0) is 42.7 Å². The fraction of sp³-hybridized carbons (Fsp3) is 0.318. The number of nitrogens with zero attached hydrogens (tertiary/aromatic N) is 3. The molecule has 0 spiro atoms. The summed E-state index contributed by atoms with van der Waals surface area (Å²) in [7, 11) is 1.64. The predicted molar refractivity (Wildman–Crippen MR) is 115 cm³/mol. The second-order valence-corrected chi connectivity index (χ2v) is 8.16. The summed E-state index contributed by atoms with van der Waals surface area (Å²) in [5, 5.41) is 8.93. The molecule has 0 aliphatic carbocycles. The number of thioether (sulfide) groups is 1. The monoisotopic (exact) mass is 424 g/mol. The van der Waals surface area contributed by atoms with E-state index < -0.39 is 11.2 Å². The Kier molecular flexibility index (Phi) is 6.35. The number of primary amides is 1. The van der Waals surface area contributed by atoms with Crippen LogP contribution in [0.4, 0.5) is 0 Å². The Bertz CT molecular complexity index is 985. The summed E-state index contributed by atoms with van der Waals surface area (Å²) >= 11 is 1.32. The molecule has 1 aliphatic rings. The van der Waals surface area contributed by atoms with Crippen molar-refractivity contribution in [2.24, 2.45) is 5.73 Å². The summed E-state index contributed by atoms with van der Waals surface area (Å²) in [5.74, 6) is 1.09. The third kappa shape index (κ3) is 4.49. The van der Waals surface area contributed by atoms with Crippen molar-refractivity contribution in [3.63, 3.8) is 0 Å². The summed E-state index contributed by atoms with van der Waals surface area (Å²) in [6.07, 6.45) is 2.13. The molecule has 30 heavy (non-hydrogen) atoms. The number of hydrogen-bond donors (Lipinski definition) is 1. The number of ether oxygens (including phenoxy) is 2. The number of methoxy groups -OCH3 is 1. The average Bonchev–Trinajstić information content (AvgIpc) is 3.43. The van der Waals surface area contributed by atoms with Gasteiger partial charge in [-0.3, -0.25) is 9.36 Å². The van der Waals surface area contributed by atoms with Gasteiger partial charge in [-0.15, -0.1) is 10.2 Å². The Hall–Kier alpha value is -2.84. The average molecular weight is 425 g/mol. The summed E-state index contributed by atoms with van der Waals surface area (Å²) < 4.78 is 13.1. The van der Waals surface area contributed by atoms with Crippen LogP contribution in [0.15, 0.2) is 59.8 Å². The lowest BCUT2D eigenvalue weighted by atomic mass is 10.1. The van der Waals surface area contributed by atoms with Gasteiger partial charge in [0, 0.05) is 12.2 Å². The molecule has 8 heteroatoms. The maximum Gasteiger partial charge on any atom is 0.235 e. The summed E-state index contributed by atoms with van der Waals surface area (Å²) in [6.45, 7) is 1.39. The zero-order chi connectivity index (χ0) is 20.9. The van der Waals surface area contributed by atoms with Gasteiger partial charge in [0.25, 0.3) is 0 Å². The molecule has 2 unspecified atom stereocenters. The van der Waals surface area contributed by atoms with Crippen molar-refractivity contribution in [1.29, 1.82) is 0 Å². The minimum atomic E-state index is -0.553. The number of carbonyl (C=O) groups excluding carboxylic acids is 1. The van der Waals surface area contributed by atoms with Gasteiger partial charge in [-0.1, -0.05) is 42.1 Å². The summed E-state index contributed by atoms with van der Waals surface area (Å²) in [6, 6.07) is 17.2. The highest BCUT2D eigenvalue weighted by atomic mass is 32.2. The Labute approximate surface area is 179 Å². The van der Waals surface area contributed by atoms with E-state index in [9.17, 15) is 4.79 Å². The van der Waals surface area contributed by atoms with Gasteiger partial charge in [-0.2, -0.15) is 0 Å². The van der Waals surface area contributed by atoms with Gasteiger partial charge in [0.2, 0.25) is 5.91 Å². The fourth-order valence-electron chi connectivity index (χ4n) is 3.51. The number of amides is 1. The van der Waals surface area contributed by atoms with Crippen molar-refractivity contribution in [2.45, 2.75) is 35.9 Å². The molecule has 2 N–H and O–H groups in total. The standard InChI is InChI=1S/C22H24N4O3S/c1-28-17-11-9-16(10-12-17)21-24-25-22(26(21)14-18-8-5-13-29-18)30-19(20(23)27)15-6-3-2-4-7-15/h2-4,6-7,9-12,18-19H,5,8,13-14H2,1H3,(H2,23,27). The number of carbonyl (C=O) groups is 1. The van der Waals surface area contributed by atoms with E-state index in [-0.39, 0.29) is 6.10 Å². The molecular formula is C22H24N4O3S. The van der Waals surface area contributed by atoms with Gasteiger partial charge in [-0.25, -0.2) is 0 Å². The van der Waals surface area contributed by atoms with E-state index in [0.717, 1.165) is 42.1 Å². The summed E-state index contributed by atoms with van der Waals surface area (Å²) in [5.41, 5.74) is 7.48. The number of rotatable bonds is 8. The number of benzene rings is 2. The first-order chi connectivity index (χ1) is 14.7. The van der Waals surface area contributed by atoms with Crippen molar-refractivity contribution >= 4 is 17.7 Å². The van der Waals surface area contributed by atoms with Crippen LogP contribution in [0, 0.1) is 0 Å². The SMILES string of the molecule is COc1ccc(-c2nnc(SC(C(N)=O)c3ccccc3)n2CC2CCCO2)cc1. The van der Waals surface area contributed by atoms with Crippen LogP contribution in [0.5, 0.6) is 5.75 Å².